The van der Waals surface area contributed by atoms with E-state index >= 15 is 0 Å². The van der Waals surface area contributed by atoms with E-state index in [2.05, 4.69) is 146 Å². The molecule has 0 fully saturated rings. The van der Waals surface area contributed by atoms with Crippen LogP contribution in [-0.2, 0) is 5.41 Å². The molecule has 9 rings (SSSR count). The number of furan rings is 1. The van der Waals surface area contributed by atoms with E-state index in [1.165, 1.54) is 66.3 Å². The van der Waals surface area contributed by atoms with E-state index in [0.29, 0.717) is 0 Å². The van der Waals surface area contributed by atoms with Crippen molar-refractivity contribution in [1.82, 2.24) is 4.57 Å². The normalized spacial score (nSPS) is 13.8. The van der Waals surface area contributed by atoms with Crippen LogP contribution in [0.5, 0.6) is 0 Å². The molecule has 2 nitrogen and oxygen atoms in total. The predicted molar refractivity (Wildman–Crippen MR) is 171 cm³/mol. The van der Waals surface area contributed by atoms with E-state index in [0.717, 1.165) is 16.6 Å². The monoisotopic (exact) mass is 525 g/mol. The van der Waals surface area contributed by atoms with Crippen molar-refractivity contribution in [2.75, 3.05) is 0 Å². The van der Waals surface area contributed by atoms with Gasteiger partial charge in [-0.2, -0.15) is 0 Å². The van der Waals surface area contributed by atoms with Gasteiger partial charge in [0.05, 0.1) is 11.0 Å². The highest BCUT2D eigenvalue weighted by Crippen LogP contribution is 2.53. The number of hydrogen-bond acceptors (Lipinski definition) is 1. The lowest BCUT2D eigenvalue weighted by molar-refractivity contribution is 0.647. The van der Waals surface area contributed by atoms with Crippen molar-refractivity contribution in [3.05, 3.63) is 139 Å². The van der Waals surface area contributed by atoms with E-state index in [1.54, 1.807) is 0 Å². The lowest BCUT2D eigenvalue weighted by atomic mass is 9.82. The molecule has 0 radical (unpaired) electrons. The minimum atomic E-state index is -0.154. The molecule has 0 bridgehead atoms. The fourth-order valence-electron chi connectivity index (χ4n) is 7.13. The highest BCUT2D eigenvalue weighted by atomic mass is 16.3. The van der Waals surface area contributed by atoms with Gasteiger partial charge < -0.3 is 8.98 Å². The van der Waals surface area contributed by atoms with E-state index in [-0.39, 0.29) is 5.41 Å². The molecule has 1 aliphatic rings. The zero-order chi connectivity index (χ0) is 27.3. The van der Waals surface area contributed by atoms with E-state index in [4.69, 9.17) is 4.42 Å². The molecule has 2 aromatic heterocycles. The van der Waals surface area contributed by atoms with Crippen molar-refractivity contribution >= 4 is 43.7 Å². The molecule has 0 atom stereocenters. The summed E-state index contributed by atoms with van der Waals surface area (Å²) in [6.07, 6.45) is 0. The fourth-order valence-corrected chi connectivity index (χ4v) is 7.13. The lowest BCUT2D eigenvalue weighted by Gasteiger charge is -2.21. The fraction of sp³-hybridized carbons (Fsp3) is 0.0769. The molecule has 6 aromatic carbocycles. The quantitative estimate of drug-likeness (QED) is 0.219. The van der Waals surface area contributed by atoms with Crippen LogP contribution in [0, 0.1) is 0 Å². The van der Waals surface area contributed by atoms with Gasteiger partial charge in [0.1, 0.15) is 11.2 Å². The van der Waals surface area contributed by atoms with E-state index in [1.807, 2.05) is 0 Å². The minimum Gasteiger partial charge on any atom is -0.456 e. The Labute approximate surface area is 238 Å². The Bertz CT molecular complexity index is 2320. The molecule has 0 N–H and O–H groups in total. The van der Waals surface area contributed by atoms with Crippen LogP contribution in [-0.4, -0.2) is 4.57 Å². The Kier molecular flexibility index (Phi) is 4.42. The molecule has 0 saturated heterocycles. The van der Waals surface area contributed by atoms with Crippen molar-refractivity contribution in [1.29, 1.82) is 0 Å². The van der Waals surface area contributed by atoms with Crippen LogP contribution in [0.4, 0.5) is 0 Å². The molecule has 0 spiro atoms. The average molecular weight is 526 g/mol. The summed E-state index contributed by atoms with van der Waals surface area (Å²) >= 11 is 0. The molecule has 194 valence electrons. The zero-order valence-corrected chi connectivity index (χ0v) is 23.0. The van der Waals surface area contributed by atoms with Gasteiger partial charge in [0, 0.05) is 32.6 Å². The summed E-state index contributed by atoms with van der Waals surface area (Å²) in [7, 11) is 0. The van der Waals surface area contributed by atoms with Gasteiger partial charge in [-0.25, -0.2) is 0 Å². The molecule has 2 heteroatoms. The first-order valence-electron chi connectivity index (χ1n) is 14.3. The zero-order valence-electron chi connectivity index (χ0n) is 23.0. The Morgan fingerprint density at radius 2 is 1.15 bits per heavy atom. The predicted octanol–water partition coefficient (Wildman–Crippen LogP) is 10.7. The first-order chi connectivity index (χ1) is 20.1. The molecular weight excluding hydrogens is 498 g/mol. The van der Waals surface area contributed by atoms with Gasteiger partial charge in [-0.3, -0.25) is 0 Å². The third kappa shape index (κ3) is 3.08. The van der Waals surface area contributed by atoms with Crippen molar-refractivity contribution < 1.29 is 4.42 Å². The Morgan fingerprint density at radius 1 is 0.488 bits per heavy atom. The Morgan fingerprint density at radius 3 is 1.95 bits per heavy atom. The van der Waals surface area contributed by atoms with Gasteiger partial charge in [-0.05, 0) is 88.0 Å². The second-order valence-electron chi connectivity index (χ2n) is 11.8. The smallest absolute Gasteiger partial charge is 0.135 e. The Balaban J connectivity index is 1.33. The largest absolute Gasteiger partial charge is 0.456 e. The van der Waals surface area contributed by atoms with Gasteiger partial charge in [0.2, 0.25) is 0 Å². The summed E-state index contributed by atoms with van der Waals surface area (Å²) in [5.41, 5.74) is 13.1. The minimum absolute atomic E-state index is 0.154. The molecular formula is C39H27NO. The number of hydrogen-bond donors (Lipinski definition) is 0. The molecule has 2 heterocycles. The number of benzene rings is 6. The first kappa shape index (κ1) is 22.7. The summed E-state index contributed by atoms with van der Waals surface area (Å²) in [4.78, 5) is 0. The standard InChI is InChI=1S/C39H27NO/c1-39(2)33-22-36-30(27-15-9-10-16-35(27)40(36)26-13-7-4-8-14-26)20-28(33)29-21-32-31-19-25(24-11-5-3-6-12-24)17-18-37(31)41-38(32)23-34(29)39/h3-23H,1-2H3. The average Bonchev–Trinajstić information content (AvgIpc) is 3.61. The number of fused-ring (bicyclic) bond motifs is 9. The van der Waals surface area contributed by atoms with Gasteiger partial charge >= 0.3 is 0 Å². The second kappa shape index (κ2) is 7.99. The van der Waals surface area contributed by atoms with Crippen LogP contribution < -0.4 is 0 Å². The van der Waals surface area contributed by atoms with Crippen LogP contribution >= 0.6 is 0 Å². The molecule has 1 aliphatic carbocycles. The van der Waals surface area contributed by atoms with Crippen LogP contribution in [0.1, 0.15) is 25.0 Å². The second-order valence-corrected chi connectivity index (χ2v) is 11.8. The van der Waals surface area contributed by atoms with Gasteiger partial charge in [-0.1, -0.05) is 86.6 Å². The molecule has 41 heavy (non-hydrogen) atoms. The summed E-state index contributed by atoms with van der Waals surface area (Å²) < 4.78 is 8.86. The maximum absolute atomic E-state index is 6.45. The molecule has 8 aromatic rings. The highest BCUT2D eigenvalue weighted by molar-refractivity contribution is 6.13. The molecule has 0 saturated carbocycles. The third-order valence-corrected chi connectivity index (χ3v) is 9.18. The summed E-state index contributed by atoms with van der Waals surface area (Å²) in [5, 5.41) is 4.90. The summed E-state index contributed by atoms with van der Waals surface area (Å²) in [6.45, 7) is 4.70. The maximum atomic E-state index is 6.45. The number of nitrogens with zero attached hydrogens (tertiary/aromatic N) is 1. The van der Waals surface area contributed by atoms with Crippen LogP contribution in [0.3, 0.4) is 0 Å². The van der Waals surface area contributed by atoms with Crippen LogP contribution in [0.15, 0.2) is 132 Å². The molecule has 0 aliphatic heterocycles. The van der Waals surface area contributed by atoms with E-state index < -0.39 is 0 Å². The van der Waals surface area contributed by atoms with Crippen LogP contribution in [0.25, 0.3) is 71.7 Å². The van der Waals surface area contributed by atoms with Crippen molar-refractivity contribution in [2.24, 2.45) is 0 Å². The third-order valence-electron chi connectivity index (χ3n) is 9.18. The molecule has 0 amide bonds. The van der Waals surface area contributed by atoms with Gasteiger partial charge in [0.25, 0.3) is 0 Å². The van der Waals surface area contributed by atoms with Crippen molar-refractivity contribution in [2.45, 2.75) is 19.3 Å². The lowest BCUT2D eigenvalue weighted by Crippen LogP contribution is -2.15. The summed E-state index contributed by atoms with van der Waals surface area (Å²) in [5.74, 6) is 0. The molecule has 0 unspecified atom stereocenters. The topological polar surface area (TPSA) is 18.1 Å². The van der Waals surface area contributed by atoms with Crippen LogP contribution in [0.2, 0.25) is 0 Å². The Hall–Kier alpha value is -5.08. The van der Waals surface area contributed by atoms with Crippen molar-refractivity contribution in [3.63, 3.8) is 0 Å². The number of aromatic nitrogens is 1. The SMILES string of the molecule is CC1(C)c2cc3oc4ccc(-c5ccccc5)cc4c3cc2-c2cc3c4ccccc4n(-c4ccccc4)c3cc21. The highest BCUT2D eigenvalue weighted by Gasteiger charge is 2.37. The number of para-hydroxylation sites is 2. The van der Waals surface area contributed by atoms with E-state index in [9.17, 15) is 0 Å². The van der Waals surface area contributed by atoms with Crippen molar-refractivity contribution in [3.8, 4) is 27.9 Å². The maximum Gasteiger partial charge on any atom is 0.135 e. The number of rotatable bonds is 2. The first-order valence-corrected chi connectivity index (χ1v) is 14.3. The van der Waals surface area contributed by atoms with Gasteiger partial charge in [-0.15, -0.1) is 0 Å². The van der Waals surface area contributed by atoms with Gasteiger partial charge in [0.15, 0.2) is 0 Å². The summed E-state index contributed by atoms with van der Waals surface area (Å²) in [6, 6.07) is 46.1.